The van der Waals surface area contributed by atoms with Crippen LogP contribution in [0, 0.1) is 0 Å². The molecule has 0 spiro atoms. The Balaban J connectivity index is 0.000000659. The van der Waals surface area contributed by atoms with Gasteiger partial charge in [-0.2, -0.15) is 0 Å². The molecule has 100 heavy (non-hydrogen) atoms. The number of nitrogens with zero attached hydrogens (tertiary/aromatic N) is 1. The van der Waals surface area contributed by atoms with Crippen LogP contribution in [0.15, 0.2) is 72.8 Å². The molecule has 19 nitrogen and oxygen atoms in total. The normalized spacial score (nSPS) is 12.6. The van der Waals surface area contributed by atoms with Crippen LogP contribution < -0.4 is 41.2 Å². The van der Waals surface area contributed by atoms with Crippen molar-refractivity contribution in [2.24, 2.45) is 5.73 Å². The first kappa shape index (κ1) is 92.1. The molecule has 0 radical (unpaired) electrons. The number of nitrogens with two attached hydrogens (primary N) is 1. The van der Waals surface area contributed by atoms with Gasteiger partial charge in [-0.25, -0.2) is 14.4 Å². The Labute approximate surface area is 616 Å². The number of alkyl carbamates (subject to hydrolysis) is 3. The van der Waals surface area contributed by atoms with Gasteiger partial charge in [-0.1, -0.05) is 117 Å². The van der Waals surface area contributed by atoms with Crippen LogP contribution in [0.1, 0.15) is 235 Å². The molecule has 22 heteroatoms. The third kappa shape index (κ3) is 44.4. The minimum absolute atomic E-state index is 0.0293. The largest absolute Gasteiger partial charge is 0.508 e. The summed E-state index contributed by atoms with van der Waals surface area (Å²) in [7, 11) is 0. The van der Waals surface area contributed by atoms with E-state index in [0.717, 1.165) is 128 Å². The Morgan fingerprint density at radius 2 is 0.830 bits per heavy atom. The summed E-state index contributed by atoms with van der Waals surface area (Å²) in [5.74, 6) is 2.73. The van der Waals surface area contributed by atoms with Crippen molar-refractivity contribution in [3.05, 3.63) is 116 Å². The number of unbranched alkanes of at least 4 members (excludes halogenated alkanes) is 6. The fourth-order valence-electron chi connectivity index (χ4n) is 9.17. The third-order valence-corrected chi connectivity index (χ3v) is 15.0. The van der Waals surface area contributed by atoms with E-state index in [2.05, 4.69) is 95.4 Å². The molecule has 1 aliphatic rings. The Morgan fingerprint density at radius 1 is 0.480 bits per heavy atom. The number of phenols is 1. The van der Waals surface area contributed by atoms with E-state index in [4.69, 9.17) is 78.8 Å². The van der Waals surface area contributed by atoms with Gasteiger partial charge in [0.15, 0.2) is 0 Å². The number of aromatic hydroxyl groups is 1. The monoisotopic (exact) mass is 1460 g/mol. The molecule has 1 aliphatic heterocycles. The summed E-state index contributed by atoms with van der Waals surface area (Å²) in [5, 5.41) is 31.9. The Kier molecular flexibility index (Phi) is 43.6. The van der Waals surface area contributed by atoms with Gasteiger partial charge in [0.25, 0.3) is 5.91 Å². The summed E-state index contributed by atoms with van der Waals surface area (Å²) < 4.78 is 38.3. The highest BCUT2D eigenvalue weighted by Gasteiger charge is 2.24. The topological polar surface area (TPSA) is 251 Å². The molecule has 0 saturated carbocycles. The van der Waals surface area contributed by atoms with Gasteiger partial charge in [0, 0.05) is 95.3 Å². The zero-order valence-corrected chi connectivity index (χ0v) is 66.4. The Hall–Kier alpha value is -5.93. The van der Waals surface area contributed by atoms with Crippen LogP contribution in [-0.2, 0) is 41.7 Å². The molecular formula is C78H127Cl3N6O13. The van der Waals surface area contributed by atoms with E-state index in [1.54, 1.807) is 18.2 Å². The second-order valence-corrected chi connectivity index (χ2v) is 31.8. The molecule has 0 aromatic heterocycles. The molecule has 0 bridgehead atoms. The lowest BCUT2D eigenvalue weighted by Gasteiger charge is -2.26. The van der Waals surface area contributed by atoms with Crippen molar-refractivity contribution >= 4 is 59.0 Å². The van der Waals surface area contributed by atoms with Gasteiger partial charge in [-0.15, -0.1) is 0 Å². The van der Waals surface area contributed by atoms with E-state index in [9.17, 15) is 24.3 Å². The van der Waals surface area contributed by atoms with Gasteiger partial charge < -0.3 is 70.4 Å². The molecular weight excluding hydrogens is 1340 g/mol. The van der Waals surface area contributed by atoms with E-state index in [0.29, 0.717) is 87.8 Å². The number of carbonyl (C=O) groups is 4. The number of hydrogen-bond acceptors (Lipinski definition) is 15. The van der Waals surface area contributed by atoms with Gasteiger partial charge in [-0.05, 0) is 216 Å². The number of aliphatic hydroxyl groups is 1. The lowest BCUT2D eigenvalue weighted by molar-refractivity contribution is 0.0338. The Bertz CT molecular complexity index is 2940. The van der Waals surface area contributed by atoms with Crippen LogP contribution in [0.4, 0.5) is 14.4 Å². The number of halogens is 3. The van der Waals surface area contributed by atoms with Gasteiger partial charge in [-0.3, -0.25) is 9.69 Å². The number of morpholine rings is 1. The van der Waals surface area contributed by atoms with Crippen LogP contribution in [0.5, 0.6) is 23.0 Å². The fraction of sp³-hybridized carbons (Fsp3) is 0.641. The number of nitrogens with one attached hydrogen (secondary N) is 4. The minimum Gasteiger partial charge on any atom is -0.508 e. The highest BCUT2D eigenvalue weighted by molar-refractivity contribution is 6.31. The molecule has 4 aromatic carbocycles. The zero-order valence-electron chi connectivity index (χ0n) is 64.1. The van der Waals surface area contributed by atoms with Crippen molar-refractivity contribution in [2.45, 2.75) is 242 Å². The summed E-state index contributed by atoms with van der Waals surface area (Å²) >= 11 is 18.3. The van der Waals surface area contributed by atoms with Crippen molar-refractivity contribution < 1.29 is 62.5 Å². The SMILES string of the molecule is CC(C)(C)OC(=O)NCCCCO.CC(C)(C)OC(=O)NCCCCOc1ccc(Cl)cc1C(C)(C)C.CC(C)(C)c1cc(Cl)ccc1OCCCCN.CC(C)(C)c1cc(Cl)ccc1OCCCCNC(=O)c1ccc(O)c(CN2CCOCC2)c1.CCCCCNC(=O)OC(C)(C)C. The van der Waals surface area contributed by atoms with Crippen molar-refractivity contribution in [3.8, 4) is 23.0 Å². The number of rotatable bonds is 28. The van der Waals surface area contributed by atoms with Gasteiger partial charge >= 0.3 is 18.3 Å². The highest BCUT2D eigenvalue weighted by atomic mass is 35.5. The zero-order chi connectivity index (χ0) is 75.8. The maximum Gasteiger partial charge on any atom is 0.407 e. The average molecular weight is 1460 g/mol. The average Bonchev–Trinajstić information content (AvgIpc) is 0.844. The lowest BCUT2D eigenvalue weighted by atomic mass is 9.86. The molecule has 0 aliphatic carbocycles. The van der Waals surface area contributed by atoms with Crippen LogP contribution in [0.3, 0.4) is 0 Å². The van der Waals surface area contributed by atoms with Crippen LogP contribution in [-0.4, -0.2) is 142 Å². The van der Waals surface area contributed by atoms with E-state index in [1.165, 1.54) is 0 Å². The molecule has 1 heterocycles. The van der Waals surface area contributed by atoms with E-state index < -0.39 is 22.9 Å². The van der Waals surface area contributed by atoms with Crippen LogP contribution in [0.25, 0.3) is 0 Å². The first-order valence-electron chi connectivity index (χ1n) is 35.5. The first-order chi connectivity index (χ1) is 46.6. The molecule has 5 rings (SSSR count). The second-order valence-electron chi connectivity index (χ2n) is 30.5. The van der Waals surface area contributed by atoms with Crippen molar-refractivity contribution in [1.82, 2.24) is 26.2 Å². The molecule has 0 atom stereocenters. The molecule has 4 aromatic rings. The number of amides is 4. The summed E-state index contributed by atoms with van der Waals surface area (Å²) in [4.78, 5) is 48.4. The second kappa shape index (κ2) is 47.4. The fourth-order valence-corrected chi connectivity index (χ4v) is 9.69. The predicted molar refractivity (Wildman–Crippen MR) is 409 cm³/mol. The number of benzene rings is 4. The lowest BCUT2D eigenvalue weighted by Crippen LogP contribution is -2.35. The smallest absolute Gasteiger partial charge is 0.407 e. The predicted octanol–water partition coefficient (Wildman–Crippen LogP) is 17.8. The summed E-state index contributed by atoms with van der Waals surface area (Å²) in [6.07, 6.45) is 9.02. The van der Waals surface area contributed by atoms with Gasteiger partial charge in [0.1, 0.15) is 39.8 Å². The summed E-state index contributed by atoms with van der Waals surface area (Å²) in [5.41, 5.74) is 8.75. The van der Waals surface area contributed by atoms with Crippen LogP contribution in [0.2, 0.25) is 15.1 Å². The highest BCUT2D eigenvalue weighted by Crippen LogP contribution is 2.36. The maximum atomic E-state index is 12.6. The summed E-state index contributed by atoms with van der Waals surface area (Å²) in [6, 6.07) is 22.3. The minimum atomic E-state index is -0.467. The molecule has 1 fully saturated rings. The number of phenolic OH excluding ortho intramolecular Hbond substituents is 1. The quantitative estimate of drug-likeness (QED) is 0.0206. The number of ether oxygens (including phenoxy) is 7. The standard InChI is InChI=1S/C26H35ClN2O4.C19H30ClNO3.C14H22ClNO.C10H21NO2.C9H19NO3/c1-26(2,3)22-17-21(27)7-9-24(22)33-13-5-4-10-28-25(31)19-6-8-23(30)20(16-19)18-29-11-14-32-15-12-29;1-18(2,3)15-13-14(20)9-10-16(15)23-12-8-7-11-21-17(22)24-19(4,5)6;1-14(2,3)12-10-11(15)6-7-13(12)17-9-5-4-8-16;1-5-6-7-8-11-9(12)13-10(2,3)4;1-9(2,3)13-8(12)10-6-4-5-7-11/h6-9,16-17,30H,4-5,10-15,18H2,1-3H3,(H,28,31);9-10,13H,7-8,11-12H2,1-6H3,(H,21,22);6-7,10H,4-5,8-9,16H2,1-3H3;5-8H2,1-4H3,(H,11,12);11H,4-7H2,1-3H3,(H,10,12). The van der Waals surface area contributed by atoms with E-state index in [-0.39, 0.29) is 46.7 Å². The first-order valence-corrected chi connectivity index (χ1v) is 36.6. The van der Waals surface area contributed by atoms with Gasteiger partial charge in [0.2, 0.25) is 0 Å². The van der Waals surface area contributed by atoms with E-state index in [1.807, 2.05) is 117 Å². The van der Waals surface area contributed by atoms with Crippen molar-refractivity contribution in [2.75, 3.05) is 85.5 Å². The van der Waals surface area contributed by atoms with E-state index >= 15 is 0 Å². The molecule has 568 valence electrons. The molecule has 1 saturated heterocycles. The van der Waals surface area contributed by atoms with Crippen molar-refractivity contribution in [1.29, 1.82) is 0 Å². The molecule has 0 unspecified atom stereocenters. The van der Waals surface area contributed by atoms with Gasteiger partial charge in [0.05, 0.1) is 33.0 Å². The Morgan fingerprint density at radius 3 is 1.17 bits per heavy atom. The summed E-state index contributed by atoms with van der Waals surface area (Å²) in [6.45, 7) is 46.8. The molecule has 4 amide bonds. The molecule has 8 N–H and O–H groups in total. The number of hydrogen-bond donors (Lipinski definition) is 7. The maximum absolute atomic E-state index is 12.6. The van der Waals surface area contributed by atoms with Crippen LogP contribution >= 0.6 is 34.8 Å². The van der Waals surface area contributed by atoms with Crippen molar-refractivity contribution in [3.63, 3.8) is 0 Å². The third-order valence-electron chi connectivity index (χ3n) is 14.3. The number of aliphatic hydroxyl groups excluding tert-OH is 1. The number of carbonyl (C=O) groups excluding carboxylic acids is 4.